The fourth-order valence-electron chi connectivity index (χ4n) is 2.24. The molecule has 0 bridgehead atoms. The number of carbonyl (C=O) groups excluding carboxylic acids is 1. The lowest BCUT2D eigenvalue weighted by Crippen LogP contribution is -2.45. The van der Waals surface area contributed by atoms with Crippen LogP contribution in [0.3, 0.4) is 0 Å². The number of hydrogen-bond acceptors (Lipinski definition) is 2. The predicted molar refractivity (Wildman–Crippen MR) is 65.5 cm³/mol. The molecule has 0 aromatic heterocycles. The minimum absolute atomic E-state index is 0.145. The Morgan fingerprint density at radius 3 is 2.41 bits per heavy atom. The van der Waals surface area contributed by atoms with Crippen LogP contribution >= 0.6 is 0 Å². The highest BCUT2D eigenvalue weighted by molar-refractivity contribution is 5.95. The first-order chi connectivity index (χ1) is 8.15. The van der Waals surface area contributed by atoms with E-state index in [1.54, 1.807) is 12.1 Å². The minimum atomic E-state index is -0.637. The second-order valence-corrected chi connectivity index (χ2v) is 4.72. The van der Waals surface area contributed by atoms with Gasteiger partial charge < -0.3 is 5.32 Å². The summed E-state index contributed by atoms with van der Waals surface area (Å²) >= 11 is 0. The van der Waals surface area contributed by atoms with E-state index in [1.165, 1.54) is 0 Å². The molecule has 0 radical (unpaired) electrons. The molecular weight excluding hydrogens is 212 g/mol. The van der Waals surface area contributed by atoms with Gasteiger partial charge in [0.1, 0.15) is 5.54 Å². The van der Waals surface area contributed by atoms with Gasteiger partial charge in [0.15, 0.2) is 0 Å². The molecule has 1 aromatic carbocycles. The third-order valence-corrected chi connectivity index (χ3v) is 3.34. The zero-order valence-corrected chi connectivity index (χ0v) is 9.99. The second kappa shape index (κ2) is 4.58. The first kappa shape index (κ1) is 11.7. The Morgan fingerprint density at radius 1 is 1.29 bits per heavy atom. The molecule has 17 heavy (non-hydrogen) atoms. The molecule has 0 spiro atoms. The summed E-state index contributed by atoms with van der Waals surface area (Å²) in [4.78, 5) is 12.0. The SMILES string of the molecule is Cc1ccc(C(=O)NC2(C#N)CCCC2)cc1. The van der Waals surface area contributed by atoms with Crippen molar-refractivity contribution in [1.29, 1.82) is 5.26 Å². The van der Waals surface area contributed by atoms with Crippen molar-refractivity contribution in [3.05, 3.63) is 35.4 Å². The minimum Gasteiger partial charge on any atom is -0.334 e. The molecule has 3 heteroatoms. The highest BCUT2D eigenvalue weighted by atomic mass is 16.1. The molecule has 0 atom stereocenters. The van der Waals surface area contributed by atoms with E-state index in [4.69, 9.17) is 0 Å². The lowest BCUT2D eigenvalue weighted by Gasteiger charge is -2.21. The van der Waals surface area contributed by atoms with Crippen LogP contribution in [0.1, 0.15) is 41.6 Å². The number of amides is 1. The monoisotopic (exact) mass is 228 g/mol. The molecule has 2 rings (SSSR count). The molecule has 0 unspecified atom stereocenters. The van der Waals surface area contributed by atoms with Crippen LogP contribution in [0.25, 0.3) is 0 Å². The van der Waals surface area contributed by atoms with Gasteiger partial charge in [-0.2, -0.15) is 5.26 Å². The zero-order valence-electron chi connectivity index (χ0n) is 9.99. The van der Waals surface area contributed by atoms with E-state index >= 15 is 0 Å². The summed E-state index contributed by atoms with van der Waals surface area (Å²) in [6.45, 7) is 1.98. The topological polar surface area (TPSA) is 52.9 Å². The highest BCUT2D eigenvalue weighted by Crippen LogP contribution is 2.29. The maximum absolute atomic E-state index is 12.0. The molecule has 1 N–H and O–H groups in total. The molecule has 0 aliphatic heterocycles. The van der Waals surface area contributed by atoms with Crippen LogP contribution < -0.4 is 5.32 Å². The van der Waals surface area contributed by atoms with Crippen molar-refractivity contribution in [3.63, 3.8) is 0 Å². The Bertz CT molecular complexity index is 450. The molecule has 3 nitrogen and oxygen atoms in total. The molecule has 1 saturated carbocycles. The van der Waals surface area contributed by atoms with Crippen LogP contribution in [0.4, 0.5) is 0 Å². The lowest BCUT2D eigenvalue weighted by molar-refractivity contribution is 0.0920. The average molecular weight is 228 g/mol. The molecule has 0 heterocycles. The number of carbonyl (C=O) groups is 1. The van der Waals surface area contributed by atoms with Gasteiger partial charge in [0.2, 0.25) is 0 Å². The van der Waals surface area contributed by atoms with Gasteiger partial charge in [-0.15, -0.1) is 0 Å². The number of aryl methyl sites for hydroxylation is 1. The number of hydrogen-bond donors (Lipinski definition) is 1. The standard InChI is InChI=1S/C14H16N2O/c1-11-4-6-12(7-5-11)13(17)16-14(10-15)8-2-3-9-14/h4-7H,2-3,8-9H2,1H3,(H,16,17). The van der Waals surface area contributed by atoms with Crippen LogP contribution in [0.2, 0.25) is 0 Å². The summed E-state index contributed by atoms with van der Waals surface area (Å²) in [7, 11) is 0. The summed E-state index contributed by atoms with van der Waals surface area (Å²) < 4.78 is 0. The fraction of sp³-hybridized carbons (Fsp3) is 0.429. The molecule has 1 fully saturated rings. The van der Waals surface area contributed by atoms with E-state index in [1.807, 2.05) is 19.1 Å². The van der Waals surface area contributed by atoms with E-state index < -0.39 is 5.54 Å². The van der Waals surface area contributed by atoms with Crippen LogP contribution in [0.5, 0.6) is 0 Å². The van der Waals surface area contributed by atoms with Gasteiger partial charge >= 0.3 is 0 Å². The predicted octanol–water partition coefficient (Wildman–Crippen LogP) is 2.56. The third-order valence-electron chi connectivity index (χ3n) is 3.34. The van der Waals surface area contributed by atoms with Gasteiger partial charge in [-0.05, 0) is 44.7 Å². The van der Waals surface area contributed by atoms with Crippen molar-refractivity contribution < 1.29 is 4.79 Å². The number of nitriles is 1. The van der Waals surface area contributed by atoms with Crippen molar-refractivity contribution in [3.8, 4) is 6.07 Å². The molecule has 88 valence electrons. The number of nitrogens with one attached hydrogen (secondary N) is 1. The largest absolute Gasteiger partial charge is 0.334 e. The van der Waals surface area contributed by atoms with Gasteiger partial charge in [-0.25, -0.2) is 0 Å². The van der Waals surface area contributed by atoms with Crippen LogP contribution in [0, 0.1) is 18.3 Å². The highest BCUT2D eigenvalue weighted by Gasteiger charge is 2.35. The number of nitrogens with zero attached hydrogens (tertiary/aromatic N) is 1. The quantitative estimate of drug-likeness (QED) is 0.845. The maximum atomic E-state index is 12.0. The first-order valence-corrected chi connectivity index (χ1v) is 5.96. The van der Waals surface area contributed by atoms with Crippen molar-refractivity contribution >= 4 is 5.91 Å². The van der Waals surface area contributed by atoms with E-state index in [0.29, 0.717) is 5.56 Å². The zero-order chi connectivity index (χ0) is 12.3. The smallest absolute Gasteiger partial charge is 0.252 e. The summed E-state index contributed by atoms with van der Waals surface area (Å²) in [6, 6.07) is 9.66. The normalized spacial score (nSPS) is 17.4. The fourth-order valence-corrected chi connectivity index (χ4v) is 2.24. The Labute approximate surface area is 101 Å². The van der Waals surface area contributed by atoms with Crippen molar-refractivity contribution in [2.45, 2.75) is 38.1 Å². The average Bonchev–Trinajstić information content (AvgIpc) is 2.79. The Balaban J connectivity index is 2.11. The number of rotatable bonds is 2. The van der Waals surface area contributed by atoms with E-state index in [0.717, 1.165) is 31.2 Å². The Morgan fingerprint density at radius 2 is 1.88 bits per heavy atom. The summed E-state index contributed by atoms with van der Waals surface area (Å²) in [5.41, 5.74) is 1.11. The van der Waals surface area contributed by atoms with E-state index in [2.05, 4.69) is 11.4 Å². The van der Waals surface area contributed by atoms with Crippen molar-refractivity contribution in [2.24, 2.45) is 0 Å². The summed E-state index contributed by atoms with van der Waals surface area (Å²) in [5, 5.41) is 12.1. The molecular formula is C14H16N2O. The Kier molecular flexibility index (Phi) is 3.14. The molecule has 1 aromatic rings. The molecule has 1 aliphatic carbocycles. The Hall–Kier alpha value is -1.82. The molecule has 1 aliphatic rings. The van der Waals surface area contributed by atoms with Gasteiger partial charge in [-0.3, -0.25) is 4.79 Å². The summed E-state index contributed by atoms with van der Waals surface area (Å²) in [6.07, 6.45) is 3.56. The van der Waals surface area contributed by atoms with E-state index in [9.17, 15) is 10.1 Å². The third kappa shape index (κ3) is 2.47. The van der Waals surface area contributed by atoms with Crippen molar-refractivity contribution in [1.82, 2.24) is 5.32 Å². The summed E-state index contributed by atoms with van der Waals surface area (Å²) in [5.74, 6) is -0.145. The van der Waals surface area contributed by atoms with Gasteiger partial charge in [0.05, 0.1) is 6.07 Å². The van der Waals surface area contributed by atoms with Gasteiger partial charge in [0, 0.05) is 5.56 Å². The number of benzene rings is 1. The van der Waals surface area contributed by atoms with Crippen LogP contribution in [-0.2, 0) is 0 Å². The van der Waals surface area contributed by atoms with Gasteiger partial charge in [0.25, 0.3) is 5.91 Å². The van der Waals surface area contributed by atoms with Crippen LogP contribution in [0.15, 0.2) is 24.3 Å². The van der Waals surface area contributed by atoms with Gasteiger partial charge in [-0.1, -0.05) is 17.7 Å². The van der Waals surface area contributed by atoms with E-state index in [-0.39, 0.29) is 5.91 Å². The molecule has 1 amide bonds. The molecule has 0 saturated heterocycles. The lowest BCUT2D eigenvalue weighted by atomic mass is 9.99. The first-order valence-electron chi connectivity index (χ1n) is 5.96. The maximum Gasteiger partial charge on any atom is 0.252 e. The van der Waals surface area contributed by atoms with Crippen molar-refractivity contribution in [2.75, 3.05) is 0 Å². The van der Waals surface area contributed by atoms with Crippen LogP contribution in [-0.4, -0.2) is 11.4 Å². The second-order valence-electron chi connectivity index (χ2n) is 4.72.